The highest BCUT2D eigenvalue weighted by Crippen LogP contribution is 2.26. The number of hydrogen-bond donors (Lipinski definition) is 2. The minimum Gasteiger partial charge on any atom is -0.385 e. The molecule has 0 saturated carbocycles. The van der Waals surface area contributed by atoms with Crippen molar-refractivity contribution in [1.82, 2.24) is 4.90 Å². The van der Waals surface area contributed by atoms with Crippen LogP contribution >= 0.6 is 0 Å². The van der Waals surface area contributed by atoms with Crippen molar-refractivity contribution >= 4 is 35.0 Å². The minimum atomic E-state index is -0.511. The average Bonchev–Trinajstić information content (AvgIpc) is 2.99. The van der Waals surface area contributed by atoms with Gasteiger partial charge in [0.05, 0.1) is 28.6 Å². The first kappa shape index (κ1) is 21.7. The van der Waals surface area contributed by atoms with Crippen molar-refractivity contribution in [2.24, 2.45) is 0 Å². The molecule has 0 spiro atoms. The third-order valence-corrected chi connectivity index (χ3v) is 4.65. The molecule has 0 aliphatic carbocycles. The number of rotatable bonds is 8. The highest BCUT2D eigenvalue weighted by molar-refractivity contribution is 6.22. The Hall–Kier alpha value is -4.03. The van der Waals surface area contributed by atoms with E-state index in [1.54, 1.807) is 37.4 Å². The molecule has 1 aliphatic rings. The van der Waals surface area contributed by atoms with E-state index < -0.39 is 23.6 Å². The molecule has 2 aromatic carbocycles. The van der Waals surface area contributed by atoms with Gasteiger partial charge in [-0.25, -0.2) is 0 Å². The Morgan fingerprint density at radius 2 is 1.71 bits per heavy atom. The van der Waals surface area contributed by atoms with Crippen LogP contribution in [0.4, 0.5) is 11.4 Å². The first-order valence-electron chi connectivity index (χ1n) is 9.52. The quantitative estimate of drug-likeness (QED) is 0.498. The number of hydrogen-bond acceptors (Lipinski definition) is 6. The van der Waals surface area contributed by atoms with Gasteiger partial charge in [-0.1, -0.05) is 12.1 Å². The number of para-hydroxylation sites is 2. The number of amides is 4. The second-order valence-electron chi connectivity index (χ2n) is 6.75. The molecule has 0 unspecified atom stereocenters. The monoisotopic (exact) mass is 420 g/mol. The predicted octanol–water partition coefficient (Wildman–Crippen LogP) is 2.42. The van der Waals surface area contributed by atoms with E-state index in [9.17, 15) is 19.2 Å². The van der Waals surface area contributed by atoms with Gasteiger partial charge in [0, 0.05) is 25.8 Å². The number of carbonyl (C=O) groups is 4. The van der Waals surface area contributed by atoms with Gasteiger partial charge in [0.15, 0.2) is 0 Å². The van der Waals surface area contributed by atoms with Crippen molar-refractivity contribution in [3.05, 3.63) is 59.2 Å². The van der Waals surface area contributed by atoms with Gasteiger partial charge in [-0.2, -0.15) is 5.26 Å². The van der Waals surface area contributed by atoms with Crippen LogP contribution in [0.15, 0.2) is 42.5 Å². The van der Waals surface area contributed by atoms with Crippen LogP contribution in [0, 0.1) is 11.3 Å². The van der Waals surface area contributed by atoms with E-state index >= 15 is 0 Å². The molecule has 0 saturated heterocycles. The number of nitriles is 1. The zero-order valence-electron chi connectivity index (χ0n) is 16.8. The second-order valence-corrected chi connectivity index (χ2v) is 6.75. The number of methoxy groups -OCH3 is 1. The van der Waals surface area contributed by atoms with E-state index in [0.29, 0.717) is 24.4 Å². The van der Waals surface area contributed by atoms with Gasteiger partial charge in [0.2, 0.25) is 5.91 Å². The standard InChI is InChI=1S/C22H20N4O5/c1-31-12-4-11-26-21(29)15-8-7-14(13-16(15)22(26)30)20(28)25-18-6-3-2-5-17(18)24-19(27)9-10-23/h2-3,5-8,13H,4,9,11-12H2,1H3,(H,24,27)(H,25,28). The lowest BCUT2D eigenvalue weighted by atomic mass is 10.1. The molecule has 2 N–H and O–H groups in total. The van der Waals surface area contributed by atoms with Crippen molar-refractivity contribution in [2.75, 3.05) is 30.9 Å². The number of ether oxygens (including phenoxy) is 1. The smallest absolute Gasteiger partial charge is 0.261 e. The molecule has 1 heterocycles. The van der Waals surface area contributed by atoms with Gasteiger partial charge in [-0.05, 0) is 36.8 Å². The predicted molar refractivity (Wildman–Crippen MR) is 112 cm³/mol. The van der Waals surface area contributed by atoms with Crippen LogP contribution in [0.2, 0.25) is 0 Å². The van der Waals surface area contributed by atoms with E-state index in [-0.39, 0.29) is 29.7 Å². The fourth-order valence-electron chi connectivity index (χ4n) is 3.16. The van der Waals surface area contributed by atoms with E-state index in [4.69, 9.17) is 10.00 Å². The number of fused-ring (bicyclic) bond motifs is 1. The minimum absolute atomic E-state index is 0.172. The molecule has 0 atom stereocenters. The highest BCUT2D eigenvalue weighted by atomic mass is 16.5. The van der Waals surface area contributed by atoms with Crippen molar-refractivity contribution in [1.29, 1.82) is 5.26 Å². The van der Waals surface area contributed by atoms with Gasteiger partial charge in [0.25, 0.3) is 17.7 Å². The molecule has 0 fully saturated rings. The molecule has 4 amide bonds. The van der Waals surface area contributed by atoms with E-state index in [0.717, 1.165) is 4.90 Å². The molecule has 2 aromatic rings. The van der Waals surface area contributed by atoms with Crippen molar-refractivity contribution in [3.63, 3.8) is 0 Å². The zero-order valence-corrected chi connectivity index (χ0v) is 16.8. The van der Waals surface area contributed by atoms with Crippen LogP contribution in [0.3, 0.4) is 0 Å². The fraction of sp³-hybridized carbons (Fsp3) is 0.227. The largest absolute Gasteiger partial charge is 0.385 e. The maximum Gasteiger partial charge on any atom is 0.261 e. The zero-order chi connectivity index (χ0) is 22.4. The first-order valence-corrected chi connectivity index (χ1v) is 9.52. The maximum absolute atomic E-state index is 12.8. The van der Waals surface area contributed by atoms with Crippen molar-refractivity contribution < 1.29 is 23.9 Å². The van der Waals surface area contributed by atoms with E-state index in [1.807, 2.05) is 0 Å². The van der Waals surface area contributed by atoms with Gasteiger partial charge in [-0.15, -0.1) is 0 Å². The molecule has 31 heavy (non-hydrogen) atoms. The topological polar surface area (TPSA) is 129 Å². The van der Waals surface area contributed by atoms with Crippen molar-refractivity contribution in [3.8, 4) is 6.07 Å². The summed E-state index contributed by atoms with van der Waals surface area (Å²) in [5.74, 6) is -1.86. The Bertz CT molecular complexity index is 1090. The summed E-state index contributed by atoms with van der Waals surface area (Å²) in [4.78, 5) is 50.7. The molecule has 0 radical (unpaired) electrons. The summed E-state index contributed by atoms with van der Waals surface area (Å²) in [5, 5.41) is 13.9. The number of benzene rings is 2. The van der Waals surface area contributed by atoms with Crippen LogP contribution in [-0.4, -0.2) is 48.8 Å². The van der Waals surface area contributed by atoms with Crippen LogP contribution < -0.4 is 10.6 Å². The van der Waals surface area contributed by atoms with Crippen LogP contribution in [0.25, 0.3) is 0 Å². The SMILES string of the molecule is COCCCN1C(=O)c2ccc(C(=O)Nc3ccccc3NC(=O)CC#N)cc2C1=O. The summed E-state index contributed by atoms with van der Waals surface area (Å²) in [6.07, 6.45) is 0.202. The number of nitrogens with zero attached hydrogens (tertiary/aromatic N) is 2. The Kier molecular flexibility index (Phi) is 6.74. The lowest BCUT2D eigenvalue weighted by molar-refractivity contribution is -0.115. The Morgan fingerprint density at radius 1 is 1.03 bits per heavy atom. The molecule has 158 valence electrons. The van der Waals surface area contributed by atoms with Crippen LogP contribution in [-0.2, 0) is 9.53 Å². The number of carbonyl (C=O) groups excluding carboxylic acids is 4. The molecule has 0 aromatic heterocycles. The van der Waals surface area contributed by atoms with Crippen LogP contribution in [0.5, 0.6) is 0 Å². The molecular weight excluding hydrogens is 400 g/mol. The Morgan fingerprint density at radius 3 is 2.39 bits per heavy atom. The summed E-state index contributed by atoms with van der Waals surface area (Å²) in [5.41, 5.74) is 1.29. The summed E-state index contributed by atoms with van der Waals surface area (Å²) in [6, 6.07) is 12.6. The normalized spacial score (nSPS) is 12.3. The highest BCUT2D eigenvalue weighted by Gasteiger charge is 2.35. The molecule has 9 nitrogen and oxygen atoms in total. The van der Waals surface area contributed by atoms with Gasteiger partial charge >= 0.3 is 0 Å². The lowest BCUT2D eigenvalue weighted by Crippen LogP contribution is -2.31. The Labute approximate surface area is 178 Å². The summed E-state index contributed by atoms with van der Waals surface area (Å²) in [7, 11) is 1.54. The van der Waals surface area contributed by atoms with E-state index in [2.05, 4.69) is 10.6 Å². The molecule has 3 rings (SSSR count). The Balaban J connectivity index is 1.77. The van der Waals surface area contributed by atoms with Gasteiger partial charge < -0.3 is 15.4 Å². The average molecular weight is 420 g/mol. The number of nitrogens with one attached hydrogen (secondary N) is 2. The van der Waals surface area contributed by atoms with Gasteiger partial charge in [0.1, 0.15) is 6.42 Å². The van der Waals surface area contributed by atoms with Crippen molar-refractivity contribution in [2.45, 2.75) is 12.8 Å². The fourth-order valence-corrected chi connectivity index (χ4v) is 3.16. The summed E-state index contributed by atoms with van der Waals surface area (Å²) < 4.78 is 4.96. The third kappa shape index (κ3) is 4.76. The second kappa shape index (κ2) is 9.65. The number of imide groups is 1. The molecule has 1 aliphatic heterocycles. The summed E-state index contributed by atoms with van der Waals surface area (Å²) in [6.45, 7) is 0.656. The van der Waals surface area contributed by atoms with E-state index in [1.165, 1.54) is 18.2 Å². The first-order chi connectivity index (χ1) is 15.0. The maximum atomic E-state index is 12.8. The lowest BCUT2D eigenvalue weighted by Gasteiger charge is -2.12. The molecule has 0 bridgehead atoms. The number of anilines is 2. The molecular formula is C22H20N4O5. The van der Waals surface area contributed by atoms with Gasteiger partial charge in [-0.3, -0.25) is 24.1 Å². The summed E-state index contributed by atoms with van der Waals surface area (Å²) >= 11 is 0. The molecule has 9 heteroatoms. The third-order valence-electron chi connectivity index (χ3n) is 4.65. The van der Waals surface area contributed by atoms with Crippen LogP contribution in [0.1, 0.15) is 43.9 Å².